The fourth-order valence-electron chi connectivity index (χ4n) is 6.87. The first-order valence-corrected chi connectivity index (χ1v) is 17.1. The molecule has 0 aliphatic heterocycles. The molecule has 0 N–H and O–H groups in total. The highest BCUT2D eigenvalue weighted by atomic mass is 16.3. The second kappa shape index (κ2) is 12.3. The normalized spacial score (nSPS) is 11.5. The number of hydrogen-bond acceptors (Lipinski definition) is 6. The second-order valence-corrected chi connectivity index (χ2v) is 12.6. The van der Waals surface area contributed by atoms with Gasteiger partial charge < -0.3 is 8.83 Å². The Labute approximate surface area is 298 Å². The van der Waals surface area contributed by atoms with Gasteiger partial charge in [-0.25, -0.2) is 19.9 Å². The number of nitrogens with zero attached hydrogens (tertiary/aromatic N) is 4. The number of rotatable bonds is 6. The first-order valence-electron chi connectivity index (χ1n) is 17.1. The van der Waals surface area contributed by atoms with Gasteiger partial charge in [-0.05, 0) is 47.0 Å². The summed E-state index contributed by atoms with van der Waals surface area (Å²) in [6.45, 7) is 0. The van der Waals surface area contributed by atoms with Crippen LogP contribution in [-0.4, -0.2) is 19.9 Å². The molecular formula is C46H28N4O2. The molecule has 0 bridgehead atoms. The zero-order chi connectivity index (χ0) is 34.4. The minimum absolute atomic E-state index is 0.582. The Kier molecular flexibility index (Phi) is 7.03. The first kappa shape index (κ1) is 29.7. The van der Waals surface area contributed by atoms with Crippen LogP contribution in [-0.2, 0) is 0 Å². The van der Waals surface area contributed by atoms with E-state index < -0.39 is 0 Å². The van der Waals surface area contributed by atoms with Gasteiger partial charge in [-0.1, -0.05) is 140 Å². The van der Waals surface area contributed by atoms with E-state index in [4.69, 9.17) is 28.8 Å². The van der Waals surface area contributed by atoms with Crippen LogP contribution in [0.15, 0.2) is 179 Å². The van der Waals surface area contributed by atoms with Crippen molar-refractivity contribution in [3.63, 3.8) is 0 Å². The largest absolute Gasteiger partial charge is 0.455 e. The van der Waals surface area contributed by atoms with Gasteiger partial charge in [0, 0.05) is 38.6 Å². The Hall–Kier alpha value is -7.18. The number of para-hydroxylation sites is 1. The molecule has 10 aromatic rings. The molecule has 0 fully saturated rings. The lowest BCUT2D eigenvalue weighted by atomic mass is 10.00. The summed E-state index contributed by atoms with van der Waals surface area (Å²) in [7, 11) is 0. The molecule has 0 aliphatic rings. The van der Waals surface area contributed by atoms with E-state index >= 15 is 0 Å². The van der Waals surface area contributed by atoms with E-state index in [1.807, 2.05) is 115 Å². The lowest BCUT2D eigenvalue weighted by Crippen LogP contribution is -2.00. The van der Waals surface area contributed by atoms with E-state index in [2.05, 4.69) is 54.6 Å². The van der Waals surface area contributed by atoms with E-state index in [9.17, 15) is 0 Å². The minimum Gasteiger partial charge on any atom is -0.455 e. The molecule has 6 heteroatoms. The average Bonchev–Trinajstić information content (AvgIpc) is 3.83. The molecule has 0 unspecified atom stereocenters. The maximum absolute atomic E-state index is 6.65. The van der Waals surface area contributed by atoms with E-state index in [1.54, 1.807) is 0 Å². The topological polar surface area (TPSA) is 77.8 Å². The van der Waals surface area contributed by atoms with Gasteiger partial charge in [-0.15, -0.1) is 0 Å². The van der Waals surface area contributed by atoms with E-state index in [1.165, 1.54) is 0 Å². The van der Waals surface area contributed by atoms with Crippen molar-refractivity contribution in [1.82, 2.24) is 19.9 Å². The van der Waals surface area contributed by atoms with E-state index in [0.29, 0.717) is 28.9 Å². The number of aromatic nitrogens is 4. The first-order chi connectivity index (χ1) is 25.7. The summed E-state index contributed by atoms with van der Waals surface area (Å²) in [4.78, 5) is 19.8. The predicted molar refractivity (Wildman–Crippen MR) is 207 cm³/mol. The summed E-state index contributed by atoms with van der Waals surface area (Å²) in [6.07, 6.45) is 0. The molecule has 0 amide bonds. The summed E-state index contributed by atoms with van der Waals surface area (Å²) >= 11 is 0. The Morgan fingerprint density at radius 1 is 0.346 bits per heavy atom. The molecule has 7 aromatic carbocycles. The van der Waals surface area contributed by atoms with Crippen molar-refractivity contribution in [2.75, 3.05) is 0 Å². The maximum atomic E-state index is 6.65. The predicted octanol–water partition coefficient (Wildman–Crippen LogP) is 11.9. The Morgan fingerprint density at radius 2 is 0.942 bits per heavy atom. The number of furan rings is 1. The zero-order valence-corrected chi connectivity index (χ0v) is 27.8. The van der Waals surface area contributed by atoms with Gasteiger partial charge in [0.2, 0.25) is 5.89 Å². The molecule has 3 heterocycles. The van der Waals surface area contributed by atoms with Gasteiger partial charge in [0.25, 0.3) is 0 Å². The molecule has 10 rings (SSSR count). The lowest BCUT2D eigenvalue weighted by Gasteiger charge is -2.09. The number of benzene rings is 7. The van der Waals surface area contributed by atoms with Gasteiger partial charge in [0.15, 0.2) is 23.1 Å². The third kappa shape index (κ3) is 5.22. The summed E-state index contributed by atoms with van der Waals surface area (Å²) in [6, 6.07) is 57.0. The van der Waals surface area contributed by atoms with Crippen LogP contribution in [0.5, 0.6) is 0 Å². The highest BCUT2D eigenvalue weighted by molar-refractivity contribution is 6.15. The summed E-state index contributed by atoms with van der Waals surface area (Å²) in [5, 5.41) is 1.92. The van der Waals surface area contributed by atoms with Crippen molar-refractivity contribution in [2.24, 2.45) is 0 Å². The SMILES string of the molecule is c1ccc(-c2cccc(-c3nc4ccc(-c5cccc6c5oc5cccc(-c7nc(-c8ccccc8)nc(-c8ccccc8)n7)c56)cc4o3)c2)cc1. The van der Waals surface area contributed by atoms with E-state index in [0.717, 1.165) is 72.0 Å². The maximum Gasteiger partial charge on any atom is 0.227 e. The van der Waals surface area contributed by atoms with Crippen molar-refractivity contribution >= 4 is 33.0 Å². The Balaban J connectivity index is 1.09. The summed E-state index contributed by atoms with van der Waals surface area (Å²) in [5.74, 6) is 2.39. The summed E-state index contributed by atoms with van der Waals surface area (Å²) in [5.41, 5.74) is 10.9. The molecule has 0 aliphatic carbocycles. The van der Waals surface area contributed by atoms with Crippen LogP contribution in [0.1, 0.15) is 0 Å². The smallest absolute Gasteiger partial charge is 0.227 e. The quantitative estimate of drug-likeness (QED) is 0.175. The van der Waals surface area contributed by atoms with E-state index in [-0.39, 0.29) is 0 Å². The molecule has 0 saturated heterocycles. The summed E-state index contributed by atoms with van der Waals surface area (Å²) < 4.78 is 13.0. The third-order valence-electron chi connectivity index (χ3n) is 9.38. The third-order valence-corrected chi connectivity index (χ3v) is 9.38. The van der Waals surface area contributed by atoms with Crippen LogP contribution in [0, 0.1) is 0 Å². The Morgan fingerprint density at radius 3 is 1.67 bits per heavy atom. The Bertz CT molecular complexity index is 2840. The second-order valence-electron chi connectivity index (χ2n) is 12.6. The molecule has 3 aromatic heterocycles. The highest BCUT2D eigenvalue weighted by Crippen LogP contribution is 2.41. The average molecular weight is 669 g/mol. The van der Waals surface area contributed by atoms with Crippen LogP contribution in [0.4, 0.5) is 0 Å². The number of fused-ring (bicyclic) bond motifs is 4. The van der Waals surface area contributed by atoms with Gasteiger partial charge in [0.05, 0.1) is 0 Å². The van der Waals surface area contributed by atoms with Crippen molar-refractivity contribution in [3.05, 3.63) is 170 Å². The fourth-order valence-corrected chi connectivity index (χ4v) is 6.87. The highest BCUT2D eigenvalue weighted by Gasteiger charge is 2.20. The van der Waals surface area contributed by atoms with Crippen molar-refractivity contribution in [1.29, 1.82) is 0 Å². The number of hydrogen-bond donors (Lipinski definition) is 0. The van der Waals surface area contributed by atoms with Crippen molar-refractivity contribution in [2.45, 2.75) is 0 Å². The number of oxazole rings is 1. The van der Waals surface area contributed by atoms with Gasteiger partial charge >= 0.3 is 0 Å². The monoisotopic (exact) mass is 668 g/mol. The molecule has 0 atom stereocenters. The van der Waals surface area contributed by atoms with Crippen LogP contribution in [0.2, 0.25) is 0 Å². The van der Waals surface area contributed by atoms with Gasteiger partial charge in [-0.3, -0.25) is 0 Å². The van der Waals surface area contributed by atoms with Crippen molar-refractivity contribution in [3.8, 4) is 67.9 Å². The minimum atomic E-state index is 0.582. The molecular weight excluding hydrogens is 641 g/mol. The molecule has 52 heavy (non-hydrogen) atoms. The molecule has 0 saturated carbocycles. The molecule has 0 radical (unpaired) electrons. The van der Waals surface area contributed by atoms with Crippen molar-refractivity contribution < 1.29 is 8.83 Å². The standard InChI is InChI=1S/C46H28N4O2/c1-4-13-29(14-5-1)32-19-10-20-34(27-32)46-47-38-26-25-33(28-40(38)52-46)35-21-11-22-36-41-37(23-12-24-39(41)51-42(35)36)45-49-43(30-15-6-2-7-16-30)48-44(50-45)31-17-8-3-9-18-31/h1-28H. The lowest BCUT2D eigenvalue weighted by molar-refractivity contribution is 0.620. The van der Waals surface area contributed by atoms with Crippen LogP contribution in [0.25, 0.3) is 101 Å². The van der Waals surface area contributed by atoms with Crippen LogP contribution >= 0.6 is 0 Å². The van der Waals surface area contributed by atoms with Crippen LogP contribution < -0.4 is 0 Å². The van der Waals surface area contributed by atoms with Gasteiger partial charge in [0.1, 0.15) is 16.7 Å². The van der Waals surface area contributed by atoms with Crippen LogP contribution in [0.3, 0.4) is 0 Å². The molecule has 0 spiro atoms. The zero-order valence-electron chi connectivity index (χ0n) is 27.8. The molecule has 244 valence electrons. The van der Waals surface area contributed by atoms with Gasteiger partial charge in [-0.2, -0.15) is 0 Å². The molecule has 6 nitrogen and oxygen atoms in total. The fraction of sp³-hybridized carbons (Fsp3) is 0.